The summed E-state index contributed by atoms with van der Waals surface area (Å²) in [6.45, 7) is 0.858. The summed E-state index contributed by atoms with van der Waals surface area (Å²) in [5.74, 6) is -0.134. The fourth-order valence-electron chi connectivity index (χ4n) is 3.25. The van der Waals surface area contributed by atoms with Gasteiger partial charge in [0.15, 0.2) is 6.61 Å². The van der Waals surface area contributed by atoms with Gasteiger partial charge in [-0.25, -0.2) is 0 Å². The van der Waals surface area contributed by atoms with Gasteiger partial charge < -0.3 is 19.8 Å². The number of carbonyl (C=O) groups is 2. The molecule has 6 nitrogen and oxygen atoms in total. The van der Waals surface area contributed by atoms with Gasteiger partial charge in [-0.3, -0.25) is 9.59 Å². The molecule has 1 atom stereocenters. The molecule has 0 radical (unpaired) electrons. The van der Waals surface area contributed by atoms with Crippen molar-refractivity contribution in [2.75, 3.05) is 19.7 Å². The monoisotopic (exact) mass is 338 g/mol. The Morgan fingerprint density at radius 3 is 2.76 bits per heavy atom. The lowest BCUT2D eigenvalue weighted by atomic mass is 10.1. The number of nitrogens with zero attached hydrogens (tertiary/aromatic N) is 1. The van der Waals surface area contributed by atoms with Gasteiger partial charge in [0.05, 0.1) is 5.92 Å². The highest BCUT2D eigenvalue weighted by atomic mass is 16.5. The average molecular weight is 338 g/mol. The molecule has 0 unspecified atom stereocenters. The van der Waals surface area contributed by atoms with Crippen molar-refractivity contribution in [3.63, 3.8) is 0 Å². The molecule has 1 aliphatic heterocycles. The van der Waals surface area contributed by atoms with E-state index in [2.05, 4.69) is 0 Å². The Morgan fingerprint density at radius 1 is 1.16 bits per heavy atom. The standard InChI is InChI=1S/C19H18N2O4/c20-19(23)12-7-8-21(10-12)18(22)11-24-13-5-6-17-15(9-13)14-3-1-2-4-16(14)25-17/h1-6,9,12H,7-8,10-11H2,(H2,20,23)/t12-/m1/s1. The number of fused-ring (bicyclic) bond motifs is 3. The Morgan fingerprint density at radius 2 is 1.96 bits per heavy atom. The predicted molar refractivity (Wildman–Crippen MR) is 93.1 cm³/mol. The number of para-hydroxylation sites is 1. The largest absolute Gasteiger partial charge is 0.484 e. The summed E-state index contributed by atoms with van der Waals surface area (Å²) in [4.78, 5) is 25.1. The first-order valence-corrected chi connectivity index (χ1v) is 8.23. The number of furan rings is 1. The third kappa shape index (κ3) is 2.91. The Kier molecular flexibility index (Phi) is 3.80. The number of benzene rings is 2. The molecule has 0 saturated carbocycles. The Balaban J connectivity index is 1.47. The van der Waals surface area contributed by atoms with E-state index in [1.54, 1.807) is 11.0 Å². The molecule has 2 heterocycles. The molecule has 3 aromatic rings. The van der Waals surface area contributed by atoms with Crippen LogP contribution in [0.15, 0.2) is 46.9 Å². The molecule has 1 aromatic heterocycles. The van der Waals surface area contributed by atoms with E-state index in [0.29, 0.717) is 25.3 Å². The molecule has 25 heavy (non-hydrogen) atoms. The van der Waals surface area contributed by atoms with E-state index < -0.39 is 0 Å². The summed E-state index contributed by atoms with van der Waals surface area (Å²) >= 11 is 0. The summed E-state index contributed by atoms with van der Waals surface area (Å²) in [6.07, 6.45) is 0.619. The second kappa shape index (κ2) is 6.12. The minimum absolute atomic E-state index is 0.0627. The van der Waals surface area contributed by atoms with Crippen LogP contribution in [0.2, 0.25) is 0 Å². The number of hydrogen-bond acceptors (Lipinski definition) is 4. The van der Waals surface area contributed by atoms with Gasteiger partial charge in [-0.05, 0) is 30.7 Å². The topological polar surface area (TPSA) is 85.8 Å². The molecule has 2 amide bonds. The van der Waals surface area contributed by atoms with Crippen LogP contribution in [0.5, 0.6) is 5.75 Å². The van der Waals surface area contributed by atoms with Crippen LogP contribution < -0.4 is 10.5 Å². The van der Waals surface area contributed by atoms with Crippen molar-refractivity contribution < 1.29 is 18.7 Å². The molecular formula is C19H18N2O4. The molecule has 2 N–H and O–H groups in total. The number of primary amides is 1. The van der Waals surface area contributed by atoms with E-state index in [4.69, 9.17) is 14.9 Å². The maximum atomic E-state index is 12.2. The molecular weight excluding hydrogens is 320 g/mol. The SMILES string of the molecule is NC(=O)[C@@H]1CCN(C(=O)COc2ccc3oc4ccccc4c3c2)C1. The third-order valence-electron chi connectivity index (χ3n) is 4.65. The first-order chi connectivity index (χ1) is 12.1. The predicted octanol–water partition coefficient (Wildman–Crippen LogP) is 2.30. The highest BCUT2D eigenvalue weighted by Crippen LogP contribution is 2.31. The van der Waals surface area contributed by atoms with Crippen LogP contribution in [-0.2, 0) is 9.59 Å². The van der Waals surface area contributed by atoms with E-state index in [9.17, 15) is 9.59 Å². The number of amides is 2. The summed E-state index contributed by atoms with van der Waals surface area (Å²) < 4.78 is 11.4. The summed E-state index contributed by atoms with van der Waals surface area (Å²) in [7, 11) is 0. The van der Waals surface area contributed by atoms with Crippen molar-refractivity contribution in [1.29, 1.82) is 0 Å². The number of likely N-dealkylation sites (tertiary alicyclic amines) is 1. The first kappa shape index (κ1) is 15.5. The Bertz CT molecular complexity index is 962. The smallest absolute Gasteiger partial charge is 0.260 e. The molecule has 0 spiro atoms. The van der Waals surface area contributed by atoms with Crippen LogP contribution in [-0.4, -0.2) is 36.4 Å². The Labute approximate surface area is 144 Å². The van der Waals surface area contributed by atoms with Gasteiger partial charge in [0.2, 0.25) is 5.91 Å². The molecule has 128 valence electrons. The minimum atomic E-state index is -0.353. The fraction of sp³-hybridized carbons (Fsp3) is 0.263. The van der Waals surface area contributed by atoms with Gasteiger partial charge in [-0.15, -0.1) is 0 Å². The number of rotatable bonds is 4. The molecule has 1 fully saturated rings. The first-order valence-electron chi connectivity index (χ1n) is 8.23. The lowest BCUT2D eigenvalue weighted by molar-refractivity contribution is -0.132. The van der Waals surface area contributed by atoms with E-state index >= 15 is 0 Å². The van der Waals surface area contributed by atoms with Crippen LogP contribution in [0.25, 0.3) is 21.9 Å². The van der Waals surface area contributed by atoms with E-state index in [1.165, 1.54) is 0 Å². The second-order valence-electron chi connectivity index (χ2n) is 6.27. The molecule has 0 aliphatic carbocycles. The summed E-state index contributed by atoms with van der Waals surface area (Å²) in [5.41, 5.74) is 6.90. The fourth-order valence-corrected chi connectivity index (χ4v) is 3.25. The van der Waals surface area contributed by atoms with Gasteiger partial charge in [0, 0.05) is 23.9 Å². The van der Waals surface area contributed by atoms with E-state index in [-0.39, 0.29) is 24.3 Å². The number of nitrogens with two attached hydrogens (primary N) is 1. The van der Waals surface area contributed by atoms with Crippen molar-refractivity contribution in [2.24, 2.45) is 11.7 Å². The van der Waals surface area contributed by atoms with Crippen molar-refractivity contribution in [3.8, 4) is 5.75 Å². The second-order valence-corrected chi connectivity index (χ2v) is 6.27. The molecule has 4 rings (SSSR count). The van der Waals surface area contributed by atoms with Crippen LogP contribution in [0.1, 0.15) is 6.42 Å². The van der Waals surface area contributed by atoms with Crippen LogP contribution >= 0.6 is 0 Å². The Hall–Kier alpha value is -3.02. The summed E-state index contributed by atoms with van der Waals surface area (Å²) in [6, 6.07) is 13.3. The average Bonchev–Trinajstić information content (AvgIpc) is 3.24. The lowest BCUT2D eigenvalue weighted by Gasteiger charge is -2.16. The molecule has 1 aliphatic rings. The van der Waals surface area contributed by atoms with Crippen molar-refractivity contribution in [3.05, 3.63) is 42.5 Å². The van der Waals surface area contributed by atoms with Crippen molar-refractivity contribution >= 4 is 33.8 Å². The maximum absolute atomic E-state index is 12.2. The molecule has 0 bridgehead atoms. The van der Waals surface area contributed by atoms with Gasteiger partial charge in [-0.2, -0.15) is 0 Å². The molecule has 6 heteroatoms. The van der Waals surface area contributed by atoms with Gasteiger partial charge >= 0.3 is 0 Å². The van der Waals surface area contributed by atoms with Gasteiger partial charge in [0.1, 0.15) is 16.9 Å². The van der Waals surface area contributed by atoms with Crippen LogP contribution in [0.3, 0.4) is 0 Å². The van der Waals surface area contributed by atoms with Crippen LogP contribution in [0, 0.1) is 5.92 Å². The quantitative estimate of drug-likeness (QED) is 0.791. The summed E-state index contributed by atoms with van der Waals surface area (Å²) in [5, 5.41) is 1.97. The minimum Gasteiger partial charge on any atom is -0.484 e. The highest BCUT2D eigenvalue weighted by Gasteiger charge is 2.29. The lowest BCUT2D eigenvalue weighted by Crippen LogP contribution is -2.34. The zero-order chi connectivity index (χ0) is 17.4. The maximum Gasteiger partial charge on any atom is 0.260 e. The van der Waals surface area contributed by atoms with Crippen molar-refractivity contribution in [1.82, 2.24) is 4.90 Å². The highest BCUT2D eigenvalue weighted by molar-refractivity contribution is 6.05. The van der Waals surface area contributed by atoms with Gasteiger partial charge in [-0.1, -0.05) is 18.2 Å². The van der Waals surface area contributed by atoms with Gasteiger partial charge in [0.25, 0.3) is 5.91 Å². The third-order valence-corrected chi connectivity index (χ3v) is 4.65. The zero-order valence-corrected chi connectivity index (χ0v) is 13.6. The zero-order valence-electron chi connectivity index (χ0n) is 13.6. The van der Waals surface area contributed by atoms with Crippen molar-refractivity contribution in [2.45, 2.75) is 6.42 Å². The molecule has 1 saturated heterocycles. The van der Waals surface area contributed by atoms with Crippen LogP contribution in [0.4, 0.5) is 0 Å². The van der Waals surface area contributed by atoms with E-state index in [0.717, 1.165) is 21.9 Å². The number of carbonyl (C=O) groups excluding carboxylic acids is 2. The van der Waals surface area contributed by atoms with E-state index in [1.807, 2.05) is 36.4 Å². The number of ether oxygens (including phenoxy) is 1. The normalized spacial score (nSPS) is 17.3. The number of hydrogen-bond donors (Lipinski definition) is 1. The molecule has 2 aromatic carbocycles.